The highest BCUT2D eigenvalue weighted by Crippen LogP contribution is 2.15. The number of amides is 2. The molecule has 1 fully saturated rings. The molecule has 2 amide bonds. The highest BCUT2D eigenvalue weighted by molar-refractivity contribution is 5.97. The van der Waals surface area contributed by atoms with Crippen LogP contribution in [0.25, 0.3) is 11.0 Å². The highest BCUT2D eigenvalue weighted by Gasteiger charge is 2.19. The number of H-pyrrole nitrogens is 1. The topological polar surface area (TPSA) is 114 Å². The number of carbonyl (C=O) groups excluding carboxylic acids is 2. The van der Waals surface area contributed by atoms with Gasteiger partial charge in [0.25, 0.3) is 5.91 Å². The summed E-state index contributed by atoms with van der Waals surface area (Å²) < 4.78 is 0. The van der Waals surface area contributed by atoms with Gasteiger partial charge < -0.3 is 20.5 Å². The summed E-state index contributed by atoms with van der Waals surface area (Å²) >= 11 is 0. The summed E-state index contributed by atoms with van der Waals surface area (Å²) in [6.07, 6.45) is 5.18. The van der Waals surface area contributed by atoms with Crippen molar-refractivity contribution in [3.8, 4) is 6.07 Å². The summed E-state index contributed by atoms with van der Waals surface area (Å²) in [4.78, 5) is 32.5. The van der Waals surface area contributed by atoms with E-state index in [1.54, 1.807) is 11.2 Å². The first-order chi connectivity index (χ1) is 12.7. The molecule has 3 N–H and O–H groups in total. The minimum Gasteiger partial charge on any atom is -0.360 e. The molecule has 1 aliphatic rings. The fourth-order valence-electron chi connectivity index (χ4n) is 2.84. The number of aromatic amines is 1. The van der Waals surface area contributed by atoms with Gasteiger partial charge in [-0.1, -0.05) is 0 Å². The van der Waals surface area contributed by atoms with E-state index in [1.165, 1.54) is 6.20 Å². The molecule has 1 saturated heterocycles. The van der Waals surface area contributed by atoms with E-state index in [9.17, 15) is 14.9 Å². The Kier molecular flexibility index (Phi) is 5.49. The lowest BCUT2D eigenvalue weighted by atomic mass is 10.2. The van der Waals surface area contributed by atoms with Crippen LogP contribution in [0, 0.1) is 11.3 Å². The van der Waals surface area contributed by atoms with E-state index in [-0.39, 0.29) is 11.5 Å². The SMILES string of the molecule is N#C/C(=C/Nc1ccc2nc[nH]c2c1)C(=O)NCCCN1CCCC1=O. The van der Waals surface area contributed by atoms with Crippen molar-refractivity contribution >= 4 is 28.5 Å². The molecule has 0 bridgehead atoms. The lowest BCUT2D eigenvalue weighted by Crippen LogP contribution is -2.31. The molecule has 8 nitrogen and oxygen atoms in total. The third-order valence-electron chi connectivity index (χ3n) is 4.23. The van der Waals surface area contributed by atoms with Gasteiger partial charge in [-0.05, 0) is 31.0 Å². The molecule has 1 aliphatic heterocycles. The maximum absolute atomic E-state index is 12.1. The number of hydrogen-bond acceptors (Lipinski definition) is 5. The molecule has 0 radical (unpaired) electrons. The molecule has 0 unspecified atom stereocenters. The number of anilines is 1. The molecule has 0 spiro atoms. The van der Waals surface area contributed by atoms with Gasteiger partial charge in [0.1, 0.15) is 11.6 Å². The van der Waals surface area contributed by atoms with Crippen LogP contribution in [0.4, 0.5) is 5.69 Å². The molecule has 0 saturated carbocycles. The molecule has 0 aliphatic carbocycles. The molecule has 1 aromatic heterocycles. The smallest absolute Gasteiger partial charge is 0.263 e. The Morgan fingerprint density at radius 2 is 2.35 bits per heavy atom. The van der Waals surface area contributed by atoms with Crippen molar-refractivity contribution in [3.63, 3.8) is 0 Å². The van der Waals surface area contributed by atoms with Gasteiger partial charge in [-0.25, -0.2) is 4.98 Å². The van der Waals surface area contributed by atoms with Crippen LogP contribution in [0.5, 0.6) is 0 Å². The monoisotopic (exact) mass is 352 g/mol. The summed E-state index contributed by atoms with van der Waals surface area (Å²) in [5, 5.41) is 14.9. The summed E-state index contributed by atoms with van der Waals surface area (Å²) in [7, 11) is 0. The number of imidazole rings is 1. The van der Waals surface area contributed by atoms with E-state index in [1.807, 2.05) is 24.3 Å². The number of fused-ring (bicyclic) bond motifs is 1. The Morgan fingerprint density at radius 3 is 3.12 bits per heavy atom. The van der Waals surface area contributed by atoms with Crippen LogP contribution >= 0.6 is 0 Å². The number of nitrogens with one attached hydrogen (secondary N) is 3. The molecule has 2 aromatic rings. The standard InChI is InChI=1S/C18H20N6O2/c19-10-13(11-21-14-4-5-15-16(9-14)23-12-22-15)18(26)20-6-2-8-24-7-1-3-17(24)25/h4-5,9,11-12,21H,1-3,6-8H2,(H,20,26)(H,22,23)/b13-11-. The van der Waals surface area contributed by atoms with Crippen molar-refractivity contribution in [2.75, 3.05) is 25.0 Å². The van der Waals surface area contributed by atoms with Crippen molar-refractivity contribution in [1.29, 1.82) is 5.26 Å². The number of nitrogens with zero attached hydrogens (tertiary/aromatic N) is 3. The number of likely N-dealkylation sites (tertiary alicyclic amines) is 1. The molecular formula is C18H20N6O2. The number of aromatic nitrogens is 2. The Balaban J connectivity index is 1.48. The quantitative estimate of drug-likeness (QED) is 0.397. The highest BCUT2D eigenvalue weighted by atomic mass is 16.2. The van der Waals surface area contributed by atoms with Crippen LogP contribution in [-0.2, 0) is 9.59 Å². The number of benzene rings is 1. The van der Waals surface area contributed by atoms with Gasteiger partial charge in [0.15, 0.2) is 0 Å². The van der Waals surface area contributed by atoms with Crippen molar-refractivity contribution in [2.24, 2.45) is 0 Å². The summed E-state index contributed by atoms with van der Waals surface area (Å²) in [6.45, 7) is 1.84. The van der Waals surface area contributed by atoms with Crippen LogP contribution < -0.4 is 10.6 Å². The van der Waals surface area contributed by atoms with Crippen LogP contribution in [0.2, 0.25) is 0 Å². The van der Waals surface area contributed by atoms with Gasteiger partial charge in [-0.15, -0.1) is 0 Å². The van der Waals surface area contributed by atoms with Crippen molar-refractivity contribution in [2.45, 2.75) is 19.3 Å². The first-order valence-electron chi connectivity index (χ1n) is 8.53. The second-order valence-electron chi connectivity index (χ2n) is 6.04. The third kappa shape index (κ3) is 4.19. The van der Waals surface area contributed by atoms with E-state index in [4.69, 9.17) is 0 Å². The van der Waals surface area contributed by atoms with Gasteiger partial charge in [0, 0.05) is 37.9 Å². The lowest BCUT2D eigenvalue weighted by Gasteiger charge is -2.15. The molecule has 1 aromatic carbocycles. The average Bonchev–Trinajstić information content (AvgIpc) is 3.27. The zero-order chi connectivity index (χ0) is 18.4. The molecule has 26 heavy (non-hydrogen) atoms. The largest absolute Gasteiger partial charge is 0.360 e. The van der Waals surface area contributed by atoms with Crippen molar-refractivity contribution in [1.82, 2.24) is 20.2 Å². The third-order valence-corrected chi connectivity index (χ3v) is 4.23. The van der Waals surface area contributed by atoms with Crippen LogP contribution in [-0.4, -0.2) is 46.3 Å². The normalized spacial score (nSPS) is 14.5. The first-order valence-corrected chi connectivity index (χ1v) is 8.53. The number of hydrogen-bond donors (Lipinski definition) is 3. The zero-order valence-corrected chi connectivity index (χ0v) is 14.3. The molecular weight excluding hydrogens is 332 g/mol. The lowest BCUT2D eigenvalue weighted by molar-refractivity contribution is -0.127. The minimum atomic E-state index is -0.435. The van der Waals surface area contributed by atoms with E-state index in [0.717, 1.165) is 29.7 Å². The van der Waals surface area contributed by atoms with E-state index in [0.29, 0.717) is 25.9 Å². The first kappa shape index (κ1) is 17.5. The predicted molar refractivity (Wildman–Crippen MR) is 96.9 cm³/mol. The molecule has 2 heterocycles. The van der Waals surface area contributed by atoms with Gasteiger partial charge >= 0.3 is 0 Å². The molecule has 0 atom stereocenters. The van der Waals surface area contributed by atoms with Crippen LogP contribution in [0.3, 0.4) is 0 Å². The zero-order valence-electron chi connectivity index (χ0n) is 14.3. The Bertz CT molecular complexity index is 879. The van der Waals surface area contributed by atoms with Crippen LogP contribution in [0.1, 0.15) is 19.3 Å². The Labute approximate surface area is 150 Å². The summed E-state index contributed by atoms with van der Waals surface area (Å²) in [5.74, 6) is -0.261. The van der Waals surface area contributed by atoms with Crippen LogP contribution in [0.15, 0.2) is 36.3 Å². The van der Waals surface area contributed by atoms with Crippen molar-refractivity contribution in [3.05, 3.63) is 36.3 Å². The van der Waals surface area contributed by atoms with E-state index < -0.39 is 5.91 Å². The summed E-state index contributed by atoms with van der Waals surface area (Å²) in [6, 6.07) is 7.40. The maximum Gasteiger partial charge on any atom is 0.263 e. The second kappa shape index (κ2) is 8.16. The average molecular weight is 352 g/mol. The van der Waals surface area contributed by atoms with E-state index >= 15 is 0 Å². The van der Waals surface area contributed by atoms with Crippen molar-refractivity contribution < 1.29 is 9.59 Å². The maximum atomic E-state index is 12.1. The van der Waals surface area contributed by atoms with Gasteiger partial charge in [-0.3, -0.25) is 9.59 Å². The number of nitriles is 1. The Morgan fingerprint density at radius 1 is 1.46 bits per heavy atom. The number of rotatable bonds is 7. The van der Waals surface area contributed by atoms with E-state index in [2.05, 4.69) is 20.6 Å². The summed E-state index contributed by atoms with van der Waals surface area (Å²) in [5.41, 5.74) is 2.44. The number of carbonyl (C=O) groups is 2. The second-order valence-corrected chi connectivity index (χ2v) is 6.04. The fraction of sp³-hybridized carbons (Fsp3) is 0.333. The molecule has 3 rings (SSSR count). The molecule has 134 valence electrons. The predicted octanol–water partition coefficient (Wildman–Crippen LogP) is 1.51. The Hall–Kier alpha value is -3.34. The van der Waals surface area contributed by atoms with Gasteiger partial charge in [-0.2, -0.15) is 5.26 Å². The molecule has 8 heteroatoms. The fourth-order valence-corrected chi connectivity index (χ4v) is 2.84. The minimum absolute atomic E-state index is 0.00745. The van der Waals surface area contributed by atoms with Gasteiger partial charge in [0.2, 0.25) is 5.91 Å². The van der Waals surface area contributed by atoms with Gasteiger partial charge in [0.05, 0.1) is 17.4 Å².